The molecule has 1 aromatic rings. The number of methoxy groups -OCH3 is 2. The molecule has 1 fully saturated rings. The zero-order chi connectivity index (χ0) is 11.4. The minimum absolute atomic E-state index is 0. The van der Waals surface area contributed by atoms with Crippen molar-refractivity contribution in [3.05, 3.63) is 23.8 Å². The van der Waals surface area contributed by atoms with Crippen LogP contribution in [0.2, 0.25) is 0 Å². The van der Waals surface area contributed by atoms with Crippen molar-refractivity contribution in [3.8, 4) is 11.5 Å². The number of halogens is 1. The number of rotatable bonds is 3. The molecule has 2 rings (SSSR count). The normalized spacial score (nSPS) is 16.1. The first-order valence-electron chi connectivity index (χ1n) is 5.78. The number of piperidine rings is 1. The van der Waals surface area contributed by atoms with Gasteiger partial charge in [0.2, 0.25) is 0 Å². The van der Waals surface area contributed by atoms with Crippen molar-refractivity contribution < 1.29 is 9.47 Å². The van der Waals surface area contributed by atoms with E-state index in [-0.39, 0.29) is 12.4 Å². The average molecular weight is 258 g/mol. The highest BCUT2D eigenvalue weighted by Crippen LogP contribution is 2.34. The maximum atomic E-state index is 5.44. The summed E-state index contributed by atoms with van der Waals surface area (Å²) in [5.41, 5.74) is 1.31. The highest BCUT2D eigenvalue weighted by Gasteiger charge is 2.19. The molecule has 0 aliphatic carbocycles. The lowest BCUT2D eigenvalue weighted by Crippen LogP contribution is -2.26. The van der Waals surface area contributed by atoms with E-state index in [9.17, 15) is 0 Å². The van der Waals surface area contributed by atoms with E-state index < -0.39 is 0 Å². The van der Waals surface area contributed by atoms with Crippen LogP contribution in [0.3, 0.4) is 0 Å². The third-order valence-electron chi connectivity index (χ3n) is 3.22. The van der Waals surface area contributed by atoms with Gasteiger partial charge in [-0.05, 0) is 43.5 Å². The van der Waals surface area contributed by atoms with Gasteiger partial charge >= 0.3 is 0 Å². The number of hydrogen-bond acceptors (Lipinski definition) is 3. The van der Waals surface area contributed by atoms with Gasteiger partial charge in [-0.3, -0.25) is 0 Å². The lowest BCUT2D eigenvalue weighted by atomic mass is 9.89. The minimum Gasteiger partial charge on any atom is -0.497 e. The maximum absolute atomic E-state index is 5.44. The molecule has 0 unspecified atom stereocenters. The standard InChI is InChI=1S/C13H19NO2.ClH/c1-15-11-3-4-12(13(9-11)16-2)10-5-7-14-8-6-10;/h3-4,9-10,14H,5-8H2,1-2H3;1H. The monoisotopic (exact) mass is 257 g/mol. The molecule has 96 valence electrons. The Balaban J connectivity index is 0.00000144. The summed E-state index contributed by atoms with van der Waals surface area (Å²) in [5, 5.41) is 3.38. The van der Waals surface area contributed by atoms with E-state index in [2.05, 4.69) is 11.4 Å². The van der Waals surface area contributed by atoms with E-state index in [1.165, 1.54) is 18.4 Å². The van der Waals surface area contributed by atoms with Crippen LogP contribution in [0.4, 0.5) is 0 Å². The Bertz CT molecular complexity index is 351. The first kappa shape index (κ1) is 14.1. The number of ether oxygens (including phenoxy) is 2. The molecule has 1 N–H and O–H groups in total. The van der Waals surface area contributed by atoms with Crippen molar-refractivity contribution in [2.45, 2.75) is 18.8 Å². The topological polar surface area (TPSA) is 30.5 Å². The van der Waals surface area contributed by atoms with E-state index in [1.54, 1.807) is 14.2 Å². The Labute approximate surface area is 109 Å². The van der Waals surface area contributed by atoms with Gasteiger partial charge in [-0.15, -0.1) is 12.4 Å². The van der Waals surface area contributed by atoms with Gasteiger partial charge < -0.3 is 14.8 Å². The second-order valence-electron chi connectivity index (χ2n) is 4.13. The van der Waals surface area contributed by atoms with Crippen LogP contribution in [0.15, 0.2) is 18.2 Å². The molecular formula is C13H20ClNO2. The third kappa shape index (κ3) is 3.27. The lowest BCUT2D eigenvalue weighted by Gasteiger charge is -2.24. The van der Waals surface area contributed by atoms with E-state index in [0.29, 0.717) is 5.92 Å². The van der Waals surface area contributed by atoms with E-state index >= 15 is 0 Å². The fraction of sp³-hybridized carbons (Fsp3) is 0.538. The Morgan fingerprint density at radius 2 is 1.82 bits per heavy atom. The largest absolute Gasteiger partial charge is 0.497 e. The van der Waals surface area contributed by atoms with Gasteiger partial charge in [-0.1, -0.05) is 6.07 Å². The van der Waals surface area contributed by atoms with Crippen molar-refractivity contribution in [1.29, 1.82) is 0 Å². The molecule has 0 atom stereocenters. The molecule has 17 heavy (non-hydrogen) atoms. The first-order valence-corrected chi connectivity index (χ1v) is 5.78. The van der Waals surface area contributed by atoms with Crippen molar-refractivity contribution >= 4 is 12.4 Å². The lowest BCUT2D eigenvalue weighted by molar-refractivity contribution is 0.379. The van der Waals surface area contributed by atoms with Gasteiger partial charge in [0.05, 0.1) is 14.2 Å². The number of hydrogen-bond donors (Lipinski definition) is 1. The molecular weight excluding hydrogens is 238 g/mol. The molecule has 0 bridgehead atoms. The highest BCUT2D eigenvalue weighted by molar-refractivity contribution is 5.85. The van der Waals surface area contributed by atoms with Crippen molar-refractivity contribution in [2.75, 3.05) is 27.3 Å². The number of benzene rings is 1. The zero-order valence-corrected chi connectivity index (χ0v) is 11.2. The predicted octanol–water partition coefficient (Wildman–Crippen LogP) is 2.59. The van der Waals surface area contributed by atoms with Gasteiger partial charge in [0.1, 0.15) is 11.5 Å². The van der Waals surface area contributed by atoms with Crippen molar-refractivity contribution in [1.82, 2.24) is 5.32 Å². The van der Waals surface area contributed by atoms with Crippen LogP contribution in [0.1, 0.15) is 24.3 Å². The minimum atomic E-state index is 0. The Morgan fingerprint density at radius 1 is 1.12 bits per heavy atom. The molecule has 3 nitrogen and oxygen atoms in total. The van der Waals surface area contributed by atoms with Crippen LogP contribution >= 0.6 is 12.4 Å². The predicted molar refractivity (Wildman–Crippen MR) is 71.6 cm³/mol. The van der Waals surface area contributed by atoms with Crippen LogP contribution in [-0.4, -0.2) is 27.3 Å². The van der Waals surface area contributed by atoms with Crippen LogP contribution < -0.4 is 14.8 Å². The summed E-state index contributed by atoms with van der Waals surface area (Å²) in [6.07, 6.45) is 2.37. The smallest absolute Gasteiger partial charge is 0.126 e. The summed E-state index contributed by atoms with van der Waals surface area (Å²) in [7, 11) is 3.40. The van der Waals surface area contributed by atoms with Crippen LogP contribution in [-0.2, 0) is 0 Å². The van der Waals surface area contributed by atoms with Crippen LogP contribution in [0, 0.1) is 0 Å². The summed E-state index contributed by atoms with van der Waals surface area (Å²) in [4.78, 5) is 0. The molecule has 1 heterocycles. The van der Waals surface area contributed by atoms with Crippen molar-refractivity contribution in [2.24, 2.45) is 0 Å². The van der Waals surface area contributed by atoms with E-state index in [1.807, 2.05) is 12.1 Å². The highest BCUT2D eigenvalue weighted by atomic mass is 35.5. The quantitative estimate of drug-likeness (QED) is 0.903. The number of nitrogens with one attached hydrogen (secondary N) is 1. The van der Waals surface area contributed by atoms with Gasteiger partial charge in [0.15, 0.2) is 0 Å². The maximum Gasteiger partial charge on any atom is 0.126 e. The molecule has 0 radical (unpaired) electrons. The fourth-order valence-corrected chi connectivity index (χ4v) is 2.29. The van der Waals surface area contributed by atoms with E-state index in [0.717, 1.165) is 24.6 Å². The Morgan fingerprint density at radius 3 is 2.41 bits per heavy atom. The van der Waals surface area contributed by atoms with Gasteiger partial charge in [0.25, 0.3) is 0 Å². The molecule has 1 aromatic carbocycles. The second-order valence-corrected chi connectivity index (χ2v) is 4.13. The van der Waals surface area contributed by atoms with E-state index in [4.69, 9.17) is 9.47 Å². The summed E-state index contributed by atoms with van der Waals surface area (Å²) < 4.78 is 10.6. The Kier molecular flexibility index (Phi) is 5.59. The molecule has 1 aliphatic heterocycles. The van der Waals surface area contributed by atoms with Crippen LogP contribution in [0.25, 0.3) is 0 Å². The third-order valence-corrected chi connectivity index (χ3v) is 3.22. The van der Waals surface area contributed by atoms with Crippen molar-refractivity contribution in [3.63, 3.8) is 0 Å². The fourth-order valence-electron chi connectivity index (χ4n) is 2.29. The Hall–Kier alpha value is -0.930. The van der Waals surface area contributed by atoms with Crippen LogP contribution in [0.5, 0.6) is 11.5 Å². The summed E-state index contributed by atoms with van der Waals surface area (Å²) >= 11 is 0. The molecule has 4 heteroatoms. The molecule has 0 saturated carbocycles. The molecule has 1 saturated heterocycles. The molecule has 0 spiro atoms. The van der Waals surface area contributed by atoms with Gasteiger partial charge in [-0.25, -0.2) is 0 Å². The first-order chi connectivity index (χ1) is 7.85. The zero-order valence-electron chi connectivity index (χ0n) is 10.4. The summed E-state index contributed by atoms with van der Waals surface area (Å²) in [5.74, 6) is 2.42. The second kappa shape index (κ2) is 6.72. The summed E-state index contributed by atoms with van der Waals surface area (Å²) in [6.45, 7) is 2.19. The SMILES string of the molecule is COc1ccc(C2CCNCC2)c(OC)c1.Cl. The van der Waals surface area contributed by atoms with Gasteiger partial charge in [-0.2, -0.15) is 0 Å². The average Bonchev–Trinajstić information content (AvgIpc) is 2.39. The summed E-state index contributed by atoms with van der Waals surface area (Å²) in [6, 6.07) is 6.12. The molecule has 0 aromatic heterocycles. The molecule has 0 amide bonds. The molecule has 1 aliphatic rings. The van der Waals surface area contributed by atoms with Gasteiger partial charge in [0, 0.05) is 6.07 Å².